The summed E-state index contributed by atoms with van der Waals surface area (Å²) in [4.78, 5) is 16.4. The van der Waals surface area contributed by atoms with Gasteiger partial charge in [0.1, 0.15) is 0 Å². The first-order valence-corrected chi connectivity index (χ1v) is 13.0. The molecule has 3 aromatic carbocycles. The summed E-state index contributed by atoms with van der Waals surface area (Å²) in [5, 5.41) is 1.24. The summed E-state index contributed by atoms with van der Waals surface area (Å²) in [6.45, 7) is 6.84. The van der Waals surface area contributed by atoms with E-state index in [1.165, 1.54) is 46.1 Å². The molecule has 1 aliphatic carbocycles. The Kier molecular flexibility index (Phi) is 5.32. The van der Waals surface area contributed by atoms with Crippen LogP contribution in [-0.2, 0) is 7.05 Å². The number of nitrogens with zero attached hydrogens (tertiary/aromatic N) is 2. The Morgan fingerprint density at radius 2 is 1.57 bits per heavy atom. The van der Waals surface area contributed by atoms with E-state index < -0.39 is 0 Å². The number of aromatic nitrogens is 1. The minimum atomic E-state index is -0.0844. The van der Waals surface area contributed by atoms with Crippen molar-refractivity contribution in [3.05, 3.63) is 95.1 Å². The molecule has 2 aliphatic rings. The van der Waals surface area contributed by atoms with Gasteiger partial charge in [0, 0.05) is 35.1 Å². The van der Waals surface area contributed by atoms with Crippen LogP contribution in [0.1, 0.15) is 66.2 Å². The van der Waals surface area contributed by atoms with Crippen molar-refractivity contribution >= 4 is 16.8 Å². The van der Waals surface area contributed by atoms with Gasteiger partial charge < -0.3 is 9.47 Å². The van der Waals surface area contributed by atoms with Gasteiger partial charge in [0.05, 0.1) is 11.7 Å². The van der Waals surface area contributed by atoms with Gasteiger partial charge in [0.25, 0.3) is 5.91 Å². The lowest BCUT2D eigenvalue weighted by Gasteiger charge is -2.43. The molecule has 0 radical (unpaired) electrons. The van der Waals surface area contributed by atoms with Gasteiger partial charge in [0.2, 0.25) is 0 Å². The second-order valence-corrected chi connectivity index (χ2v) is 10.7. The molecule has 4 aromatic rings. The zero-order valence-electron chi connectivity index (χ0n) is 21.2. The van der Waals surface area contributed by atoms with Crippen molar-refractivity contribution in [2.45, 2.75) is 52.1 Å². The molecule has 1 saturated carbocycles. The van der Waals surface area contributed by atoms with Gasteiger partial charge >= 0.3 is 0 Å². The molecule has 2 heterocycles. The van der Waals surface area contributed by atoms with Gasteiger partial charge in [-0.1, -0.05) is 92.9 Å². The highest BCUT2D eigenvalue weighted by Crippen LogP contribution is 2.49. The molecule has 3 nitrogen and oxygen atoms in total. The van der Waals surface area contributed by atoms with Crippen LogP contribution in [0, 0.1) is 18.8 Å². The summed E-state index contributed by atoms with van der Waals surface area (Å²) in [7, 11) is 2.17. The average Bonchev–Trinajstić information content (AvgIpc) is 3.32. The Hall–Kier alpha value is -3.33. The topological polar surface area (TPSA) is 25.2 Å². The van der Waals surface area contributed by atoms with E-state index >= 15 is 0 Å². The first-order valence-electron chi connectivity index (χ1n) is 13.0. The lowest BCUT2D eigenvalue weighted by Crippen LogP contribution is -2.46. The molecule has 4 unspecified atom stereocenters. The smallest absolute Gasteiger partial charge is 0.255 e. The van der Waals surface area contributed by atoms with Crippen LogP contribution in [0.5, 0.6) is 0 Å². The van der Waals surface area contributed by atoms with Gasteiger partial charge in [-0.05, 0) is 48.4 Å². The van der Waals surface area contributed by atoms with Crippen LogP contribution >= 0.6 is 0 Å². The summed E-state index contributed by atoms with van der Waals surface area (Å²) in [5.74, 6) is 1.29. The van der Waals surface area contributed by atoms with Crippen LogP contribution in [0.4, 0.5) is 0 Å². The molecule has 3 heteroatoms. The Labute approximate surface area is 208 Å². The van der Waals surface area contributed by atoms with E-state index in [1.54, 1.807) is 0 Å². The fourth-order valence-electron chi connectivity index (χ4n) is 6.68. The van der Waals surface area contributed by atoms with Crippen molar-refractivity contribution in [1.82, 2.24) is 9.47 Å². The minimum Gasteiger partial charge on any atom is -0.343 e. The predicted molar refractivity (Wildman–Crippen MR) is 144 cm³/mol. The number of para-hydroxylation sites is 1. The molecule has 1 fully saturated rings. The molecule has 0 saturated heterocycles. The van der Waals surface area contributed by atoms with Crippen molar-refractivity contribution in [2.75, 3.05) is 0 Å². The van der Waals surface area contributed by atoms with Crippen molar-refractivity contribution in [2.24, 2.45) is 18.9 Å². The van der Waals surface area contributed by atoms with Crippen LogP contribution in [0.15, 0.2) is 72.8 Å². The number of rotatable bonds is 3. The maximum atomic E-state index is 14.1. The van der Waals surface area contributed by atoms with Crippen molar-refractivity contribution in [3.63, 3.8) is 0 Å². The van der Waals surface area contributed by atoms with Gasteiger partial charge in [-0.25, -0.2) is 0 Å². The molecule has 35 heavy (non-hydrogen) atoms. The molecule has 0 spiro atoms. The van der Waals surface area contributed by atoms with Crippen LogP contribution in [0.2, 0.25) is 0 Å². The number of carbonyl (C=O) groups is 1. The number of benzene rings is 3. The number of hydrogen-bond acceptors (Lipinski definition) is 1. The van der Waals surface area contributed by atoms with Gasteiger partial charge in [0.15, 0.2) is 0 Å². The Morgan fingerprint density at radius 1 is 0.857 bits per heavy atom. The molecule has 0 N–H and O–H groups in total. The zero-order chi connectivity index (χ0) is 24.3. The van der Waals surface area contributed by atoms with E-state index in [2.05, 4.69) is 97.9 Å². The van der Waals surface area contributed by atoms with E-state index in [9.17, 15) is 4.79 Å². The number of hydrogen-bond donors (Lipinski definition) is 0. The molecule has 1 amide bonds. The molecule has 1 aromatic heterocycles. The lowest BCUT2D eigenvalue weighted by molar-refractivity contribution is 0.0436. The first-order chi connectivity index (χ1) is 17.0. The highest BCUT2D eigenvalue weighted by atomic mass is 16.2. The molecule has 0 bridgehead atoms. The van der Waals surface area contributed by atoms with Crippen molar-refractivity contribution < 1.29 is 4.79 Å². The lowest BCUT2D eigenvalue weighted by atomic mass is 9.76. The summed E-state index contributed by atoms with van der Waals surface area (Å²) in [6, 6.07) is 26.0. The predicted octanol–water partition coefficient (Wildman–Crippen LogP) is 7.52. The maximum Gasteiger partial charge on any atom is 0.255 e. The maximum absolute atomic E-state index is 14.1. The van der Waals surface area contributed by atoms with Crippen LogP contribution in [0.3, 0.4) is 0 Å². The monoisotopic (exact) mass is 462 g/mol. The SMILES string of the molecule is Cc1ccc(-c2c(C3c4ccccc4C(=O)N3C3CCCC(C)C3C)c3ccccc3n2C)cc1. The van der Waals surface area contributed by atoms with E-state index in [0.29, 0.717) is 11.8 Å². The third-order valence-electron chi connectivity index (χ3n) is 8.76. The summed E-state index contributed by atoms with van der Waals surface area (Å²) >= 11 is 0. The van der Waals surface area contributed by atoms with Crippen LogP contribution in [-0.4, -0.2) is 21.4 Å². The molecular formula is C32H34N2O. The highest BCUT2D eigenvalue weighted by molar-refractivity contribution is 6.02. The fourth-order valence-corrected chi connectivity index (χ4v) is 6.68. The molecular weight excluding hydrogens is 428 g/mol. The molecule has 4 atom stereocenters. The minimum absolute atomic E-state index is 0.0844. The Balaban J connectivity index is 1.64. The quantitative estimate of drug-likeness (QED) is 0.309. The Morgan fingerprint density at radius 3 is 2.37 bits per heavy atom. The van der Waals surface area contributed by atoms with Crippen molar-refractivity contribution in [1.29, 1.82) is 0 Å². The van der Waals surface area contributed by atoms with E-state index in [-0.39, 0.29) is 18.0 Å². The van der Waals surface area contributed by atoms with Crippen molar-refractivity contribution in [3.8, 4) is 11.3 Å². The highest BCUT2D eigenvalue weighted by Gasteiger charge is 2.46. The molecule has 6 rings (SSSR count). The van der Waals surface area contributed by atoms with E-state index in [1.807, 2.05) is 12.1 Å². The number of aryl methyl sites for hydroxylation is 2. The molecule has 1 aliphatic heterocycles. The van der Waals surface area contributed by atoms with Crippen LogP contribution in [0.25, 0.3) is 22.2 Å². The average molecular weight is 463 g/mol. The first kappa shape index (κ1) is 22.2. The number of carbonyl (C=O) groups excluding carboxylic acids is 1. The largest absolute Gasteiger partial charge is 0.343 e. The van der Waals surface area contributed by atoms with E-state index in [4.69, 9.17) is 0 Å². The summed E-state index contributed by atoms with van der Waals surface area (Å²) in [5.41, 5.74) is 8.14. The summed E-state index contributed by atoms with van der Waals surface area (Å²) in [6.07, 6.45) is 3.51. The number of amides is 1. The standard InChI is InChI=1S/C32H34N2O/c1-20-16-18-23(19-17-20)30-29(26-13-7-8-14-28(26)33(30)4)31-24-11-5-6-12-25(24)32(35)34(31)27-15-9-10-21(2)22(27)3/h5-8,11-14,16-19,21-22,27,31H,9-10,15H2,1-4H3. The van der Waals surface area contributed by atoms with Gasteiger partial charge in [-0.15, -0.1) is 0 Å². The van der Waals surface area contributed by atoms with Crippen LogP contribution < -0.4 is 0 Å². The third kappa shape index (κ3) is 3.36. The second-order valence-electron chi connectivity index (χ2n) is 10.7. The van der Waals surface area contributed by atoms with E-state index in [0.717, 1.165) is 17.5 Å². The zero-order valence-corrected chi connectivity index (χ0v) is 21.2. The van der Waals surface area contributed by atoms with Gasteiger partial charge in [-0.2, -0.15) is 0 Å². The fraction of sp³-hybridized carbons (Fsp3) is 0.344. The second kappa shape index (κ2) is 8.41. The van der Waals surface area contributed by atoms with Gasteiger partial charge in [-0.3, -0.25) is 4.79 Å². The normalized spacial score (nSPS) is 24.2. The molecule has 178 valence electrons. The summed E-state index contributed by atoms with van der Waals surface area (Å²) < 4.78 is 2.33. The number of fused-ring (bicyclic) bond motifs is 2. The third-order valence-corrected chi connectivity index (χ3v) is 8.76. The Bertz CT molecular complexity index is 1410.